The van der Waals surface area contributed by atoms with E-state index >= 15 is 0 Å². The van der Waals surface area contributed by atoms with Crippen LogP contribution < -0.4 is 4.90 Å². The number of anilines is 1. The average molecular weight is 327 g/mol. The zero-order chi connectivity index (χ0) is 16.4. The van der Waals surface area contributed by atoms with Crippen molar-refractivity contribution in [2.45, 2.75) is 12.5 Å². The molecule has 0 aromatic carbocycles. The molecule has 0 radical (unpaired) electrons. The Bertz CT molecular complexity index is 642. The molecule has 24 heavy (non-hydrogen) atoms. The molecule has 0 bridgehead atoms. The summed E-state index contributed by atoms with van der Waals surface area (Å²) in [5, 5.41) is 0. The van der Waals surface area contributed by atoms with Crippen LogP contribution in [0.3, 0.4) is 0 Å². The highest BCUT2D eigenvalue weighted by Crippen LogP contribution is 2.18. The number of rotatable bonds is 5. The first kappa shape index (κ1) is 15.5. The summed E-state index contributed by atoms with van der Waals surface area (Å²) in [6.45, 7) is 7.79. The van der Waals surface area contributed by atoms with Crippen molar-refractivity contribution in [1.82, 2.24) is 29.3 Å². The molecule has 4 rings (SSSR count). The number of imidazole rings is 1. The first-order valence-corrected chi connectivity index (χ1v) is 8.73. The lowest BCUT2D eigenvalue weighted by Gasteiger charge is -2.48. The van der Waals surface area contributed by atoms with Crippen LogP contribution in [0.15, 0.2) is 31.0 Å². The van der Waals surface area contributed by atoms with Gasteiger partial charge in [-0.05, 0) is 6.07 Å². The number of aromatic nitrogens is 4. The van der Waals surface area contributed by atoms with Gasteiger partial charge in [-0.25, -0.2) is 15.0 Å². The van der Waals surface area contributed by atoms with Crippen LogP contribution in [0.2, 0.25) is 0 Å². The van der Waals surface area contributed by atoms with Crippen molar-refractivity contribution in [3.05, 3.63) is 36.7 Å². The van der Waals surface area contributed by atoms with Crippen molar-refractivity contribution < 1.29 is 0 Å². The highest BCUT2D eigenvalue weighted by Gasteiger charge is 2.33. The van der Waals surface area contributed by atoms with E-state index in [0.29, 0.717) is 0 Å². The van der Waals surface area contributed by atoms with Gasteiger partial charge in [0.25, 0.3) is 0 Å². The second kappa shape index (κ2) is 6.86. The molecule has 2 saturated heterocycles. The Kier molecular flexibility index (Phi) is 4.44. The summed E-state index contributed by atoms with van der Waals surface area (Å²) in [5.74, 6) is 0.864. The highest BCUT2D eigenvalue weighted by atomic mass is 15.4. The SMILES string of the molecule is Cn1cncc1CCN1CC(N2CCN(c3ncccn3)CC2)C1. The number of hydrogen-bond acceptors (Lipinski definition) is 6. The fourth-order valence-electron chi connectivity index (χ4n) is 3.60. The summed E-state index contributed by atoms with van der Waals surface area (Å²) in [7, 11) is 2.07. The summed E-state index contributed by atoms with van der Waals surface area (Å²) in [4.78, 5) is 20.4. The largest absolute Gasteiger partial charge is 0.338 e. The predicted molar refractivity (Wildman–Crippen MR) is 93.0 cm³/mol. The molecular formula is C17H25N7. The lowest BCUT2D eigenvalue weighted by molar-refractivity contribution is 0.0313. The van der Waals surface area contributed by atoms with E-state index < -0.39 is 0 Å². The Balaban J connectivity index is 1.19. The van der Waals surface area contributed by atoms with Gasteiger partial charge in [0.2, 0.25) is 5.95 Å². The number of piperazine rings is 1. The molecule has 0 atom stereocenters. The molecule has 4 heterocycles. The van der Waals surface area contributed by atoms with Crippen molar-refractivity contribution in [3.63, 3.8) is 0 Å². The van der Waals surface area contributed by atoms with Crippen LogP contribution in [0.4, 0.5) is 5.95 Å². The normalized spacial score (nSPS) is 20.3. The van der Waals surface area contributed by atoms with Crippen molar-refractivity contribution in [2.24, 2.45) is 7.05 Å². The molecule has 0 aliphatic carbocycles. The monoisotopic (exact) mass is 327 g/mol. The molecule has 0 saturated carbocycles. The first-order valence-electron chi connectivity index (χ1n) is 8.73. The standard InChI is InChI=1S/C17H25N7/c1-21-14-18-11-15(21)3-6-22-12-16(13-22)23-7-9-24(10-8-23)17-19-4-2-5-20-17/h2,4-5,11,14,16H,3,6-10,12-13H2,1H3. The van der Waals surface area contributed by atoms with Crippen LogP contribution in [0.1, 0.15) is 5.69 Å². The maximum atomic E-state index is 4.36. The van der Waals surface area contributed by atoms with Gasteiger partial charge in [-0.1, -0.05) is 0 Å². The molecule has 2 aromatic rings. The molecule has 2 aliphatic heterocycles. The summed E-state index contributed by atoms with van der Waals surface area (Å²) < 4.78 is 2.11. The lowest BCUT2D eigenvalue weighted by atomic mass is 10.1. The first-order chi connectivity index (χ1) is 11.8. The molecule has 2 fully saturated rings. The van der Waals surface area contributed by atoms with Gasteiger partial charge in [0.15, 0.2) is 0 Å². The summed E-state index contributed by atoms with van der Waals surface area (Å²) >= 11 is 0. The van der Waals surface area contributed by atoms with E-state index in [2.05, 4.69) is 41.3 Å². The molecular weight excluding hydrogens is 302 g/mol. The fraction of sp³-hybridized carbons (Fsp3) is 0.588. The Hall–Kier alpha value is -1.99. The highest BCUT2D eigenvalue weighted by molar-refractivity contribution is 5.29. The van der Waals surface area contributed by atoms with E-state index in [0.717, 1.165) is 51.1 Å². The van der Waals surface area contributed by atoms with Crippen LogP contribution in [-0.4, -0.2) is 81.2 Å². The molecule has 7 heteroatoms. The Morgan fingerprint density at radius 3 is 2.50 bits per heavy atom. The maximum absolute atomic E-state index is 4.36. The predicted octanol–water partition coefficient (Wildman–Crippen LogP) is 0.259. The summed E-state index contributed by atoms with van der Waals surface area (Å²) in [6.07, 6.45) is 8.58. The minimum absolute atomic E-state index is 0.718. The third-order valence-electron chi connectivity index (χ3n) is 5.20. The van der Waals surface area contributed by atoms with Crippen molar-refractivity contribution in [1.29, 1.82) is 0 Å². The van der Waals surface area contributed by atoms with E-state index in [-0.39, 0.29) is 0 Å². The second-order valence-electron chi connectivity index (χ2n) is 6.73. The van der Waals surface area contributed by atoms with E-state index in [9.17, 15) is 0 Å². The molecule has 2 aromatic heterocycles. The Morgan fingerprint density at radius 2 is 1.83 bits per heavy atom. The van der Waals surface area contributed by atoms with Gasteiger partial charge in [0, 0.05) is 89.6 Å². The van der Waals surface area contributed by atoms with E-state index in [1.807, 2.05) is 31.0 Å². The van der Waals surface area contributed by atoms with E-state index in [1.54, 1.807) is 0 Å². The Morgan fingerprint density at radius 1 is 1.08 bits per heavy atom. The van der Waals surface area contributed by atoms with Gasteiger partial charge >= 0.3 is 0 Å². The Labute approximate surface area is 142 Å². The van der Waals surface area contributed by atoms with E-state index in [1.165, 1.54) is 18.8 Å². The van der Waals surface area contributed by atoms with Crippen molar-refractivity contribution in [2.75, 3.05) is 50.7 Å². The van der Waals surface area contributed by atoms with Gasteiger partial charge < -0.3 is 9.47 Å². The molecule has 0 amide bonds. The van der Waals surface area contributed by atoms with Gasteiger partial charge in [0.1, 0.15) is 0 Å². The van der Waals surface area contributed by atoms with Crippen LogP contribution in [0.5, 0.6) is 0 Å². The van der Waals surface area contributed by atoms with Crippen molar-refractivity contribution in [3.8, 4) is 0 Å². The number of nitrogens with zero attached hydrogens (tertiary/aromatic N) is 7. The quantitative estimate of drug-likeness (QED) is 0.785. The minimum Gasteiger partial charge on any atom is -0.338 e. The molecule has 2 aliphatic rings. The smallest absolute Gasteiger partial charge is 0.225 e. The number of aryl methyl sites for hydroxylation is 1. The van der Waals surface area contributed by atoms with Crippen LogP contribution >= 0.6 is 0 Å². The molecule has 0 spiro atoms. The van der Waals surface area contributed by atoms with Gasteiger partial charge in [-0.15, -0.1) is 0 Å². The summed E-state index contributed by atoms with van der Waals surface area (Å²) in [5.41, 5.74) is 1.31. The molecule has 0 unspecified atom stereocenters. The minimum atomic E-state index is 0.718. The number of likely N-dealkylation sites (tertiary alicyclic amines) is 1. The van der Waals surface area contributed by atoms with Crippen LogP contribution in [0, 0.1) is 0 Å². The fourth-order valence-corrected chi connectivity index (χ4v) is 3.60. The average Bonchev–Trinajstić information content (AvgIpc) is 3.00. The second-order valence-corrected chi connectivity index (χ2v) is 6.73. The topological polar surface area (TPSA) is 53.3 Å². The van der Waals surface area contributed by atoms with Gasteiger partial charge in [0.05, 0.1) is 6.33 Å². The molecule has 7 nitrogen and oxygen atoms in total. The molecule has 128 valence electrons. The van der Waals surface area contributed by atoms with Crippen LogP contribution in [0.25, 0.3) is 0 Å². The third kappa shape index (κ3) is 3.27. The maximum Gasteiger partial charge on any atom is 0.225 e. The zero-order valence-electron chi connectivity index (χ0n) is 14.3. The lowest BCUT2D eigenvalue weighted by Crippen LogP contribution is -2.63. The summed E-state index contributed by atoms with van der Waals surface area (Å²) in [6, 6.07) is 2.59. The zero-order valence-corrected chi connectivity index (χ0v) is 14.3. The van der Waals surface area contributed by atoms with Gasteiger partial charge in [-0.3, -0.25) is 9.80 Å². The van der Waals surface area contributed by atoms with Crippen molar-refractivity contribution >= 4 is 5.95 Å². The van der Waals surface area contributed by atoms with Crippen LogP contribution in [-0.2, 0) is 13.5 Å². The van der Waals surface area contributed by atoms with Gasteiger partial charge in [-0.2, -0.15) is 0 Å². The third-order valence-corrected chi connectivity index (χ3v) is 5.20. The molecule has 0 N–H and O–H groups in total. The van der Waals surface area contributed by atoms with E-state index in [4.69, 9.17) is 0 Å². The number of hydrogen-bond donors (Lipinski definition) is 0.